The molecule has 1 aliphatic rings. The molecule has 1 fully saturated rings. The lowest BCUT2D eigenvalue weighted by atomic mass is 9.89. The number of nitrogens with one attached hydrogen (secondary N) is 1. The van der Waals surface area contributed by atoms with Gasteiger partial charge in [-0.05, 0) is 44.2 Å². The third-order valence-corrected chi connectivity index (χ3v) is 3.92. The first-order valence-electron chi connectivity index (χ1n) is 6.50. The highest BCUT2D eigenvalue weighted by Crippen LogP contribution is 2.27. The quantitative estimate of drug-likeness (QED) is 0.855. The van der Waals surface area contributed by atoms with E-state index in [1.54, 1.807) is 12.3 Å². The lowest BCUT2D eigenvalue weighted by molar-refractivity contribution is 0.0942. The van der Waals surface area contributed by atoms with Crippen LogP contribution in [0.4, 0.5) is 0 Å². The molecule has 1 saturated carbocycles. The van der Waals surface area contributed by atoms with E-state index in [1.807, 2.05) is 13.0 Å². The van der Waals surface area contributed by atoms with Crippen LogP contribution in [0.2, 0.25) is 0 Å². The molecule has 98 valence electrons. The summed E-state index contributed by atoms with van der Waals surface area (Å²) >= 11 is 6.15. The van der Waals surface area contributed by atoms with Crippen LogP contribution in [0.25, 0.3) is 0 Å². The van der Waals surface area contributed by atoms with E-state index in [9.17, 15) is 4.79 Å². The maximum Gasteiger partial charge on any atom is 0.253 e. The van der Waals surface area contributed by atoms with Crippen LogP contribution < -0.4 is 5.32 Å². The molecule has 1 amide bonds. The average Bonchev–Trinajstić information content (AvgIpc) is 2.37. The Hall–Kier alpha value is -1.09. The van der Waals surface area contributed by atoms with E-state index in [-0.39, 0.29) is 11.3 Å². The molecule has 0 aliphatic heterocycles. The lowest BCUT2D eigenvalue weighted by Crippen LogP contribution is -2.32. The monoisotopic (exact) mass is 266 g/mol. The van der Waals surface area contributed by atoms with Gasteiger partial charge in [-0.15, -0.1) is 11.6 Å². The summed E-state index contributed by atoms with van der Waals surface area (Å²) in [7, 11) is 0. The Morgan fingerprint density at radius 3 is 3.11 bits per heavy atom. The fourth-order valence-electron chi connectivity index (χ4n) is 2.47. The van der Waals surface area contributed by atoms with Gasteiger partial charge < -0.3 is 5.32 Å². The van der Waals surface area contributed by atoms with Crippen molar-refractivity contribution in [3.8, 4) is 0 Å². The molecule has 2 unspecified atom stereocenters. The number of alkyl halides is 1. The van der Waals surface area contributed by atoms with Gasteiger partial charge >= 0.3 is 0 Å². The molecule has 0 radical (unpaired) electrons. The second kappa shape index (κ2) is 6.19. The van der Waals surface area contributed by atoms with Crippen LogP contribution in [-0.2, 0) is 0 Å². The first-order chi connectivity index (χ1) is 8.66. The Kier molecular flexibility index (Phi) is 4.59. The Morgan fingerprint density at radius 2 is 2.39 bits per heavy atom. The molecule has 1 aromatic heterocycles. The third-order valence-electron chi connectivity index (χ3n) is 3.52. The minimum atomic E-state index is -0.0303. The first-order valence-corrected chi connectivity index (χ1v) is 6.94. The number of aromatic nitrogens is 1. The van der Waals surface area contributed by atoms with Crippen LogP contribution in [0, 0.1) is 12.8 Å². The zero-order chi connectivity index (χ0) is 13.0. The van der Waals surface area contributed by atoms with E-state index in [0.717, 1.165) is 31.5 Å². The van der Waals surface area contributed by atoms with Crippen molar-refractivity contribution in [3.63, 3.8) is 0 Å². The molecule has 0 saturated heterocycles. The van der Waals surface area contributed by atoms with Crippen molar-refractivity contribution in [2.75, 3.05) is 6.54 Å². The minimum absolute atomic E-state index is 0.0303. The zero-order valence-electron chi connectivity index (χ0n) is 10.7. The molecule has 0 spiro atoms. The molecule has 2 atom stereocenters. The number of carbonyl (C=O) groups excluding carboxylic acids is 1. The van der Waals surface area contributed by atoms with Gasteiger partial charge in [0.1, 0.15) is 0 Å². The van der Waals surface area contributed by atoms with Gasteiger partial charge in [-0.1, -0.05) is 6.42 Å². The summed E-state index contributed by atoms with van der Waals surface area (Å²) in [6, 6.07) is 3.60. The largest absolute Gasteiger partial charge is 0.352 e. The van der Waals surface area contributed by atoms with Crippen LogP contribution in [-0.4, -0.2) is 22.8 Å². The van der Waals surface area contributed by atoms with E-state index in [4.69, 9.17) is 11.6 Å². The normalized spacial score (nSPS) is 23.7. The number of nitrogens with zero attached hydrogens (tertiary/aromatic N) is 1. The molecule has 1 aliphatic carbocycles. The van der Waals surface area contributed by atoms with E-state index >= 15 is 0 Å². The van der Waals surface area contributed by atoms with Crippen LogP contribution in [0.5, 0.6) is 0 Å². The Bertz CT molecular complexity index is 422. The molecule has 0 aromatic carbocycles. The van der Waals surface area contributed by atoms with Crippen molar-refractivity contribution in [3.05, 3.63) is 29.6 Å². The summed E-state index contributed by atoms with van der Waals surface area (Å²) in [5, 5.41) is 3.27. The summed E-state index contributed by atoms with van der Waals surface area (Å²) in [4.78, 5) is 16.1. The number of hydrogen-bond donors (Lipinski definition) is 1. The van der Waals surface area contributed by atoms with E-state index < -0.39 is 0 Å². The summed E-state index contributed by atoms with van der Waals surface area (Å²) < 4.78 is 0. The van der Waals surface area contributed by atoms with Gasteiger partial charge in [0.05, 0.1) is 5.56 Å². The smallest absolute Gasteiger partial charge is 0.253 e. The van der Waals surface area contributed by atoms with Crippen molar-refractivity contribution >= 4 is 17.5 Å². The van der Waals surface area contributed by atoms with Gasteiger partial charge in [0.15, 0.2) is 0 Å². The van der Waals surface area contributed by atoms with Crippen molar-refractivity contribution < 1.29 is 4.79 Å². The van der Waals surface area contributed by atoms with Crippen molar-refractivity contribution in [1.29, 1.82) is 0 Å². The number of amides is 1. The molecule has 1 N–H and O–H groups in total. The second-order valence-corrected chi connectivity index (χ2v) is 5.59. The summed E-state index contributed by atoms with van der Waals surface area (Å²) in [5.41, 5.74) is 1.43. The molecular formula is C14H19ClN2O. The summed E-state index contributed by atoms with van der Waals surface area (Å²) in [5.74, 6) is 0.486. The third kappa shape index (κ3) is 3.45. The van der Waals surface area contributed by atoms with Crippen LogP contribution in [0.15, 0.2) is 18.3 Å². The number of aryl methyl sites for hydroxylation is 1. The van der Waals surface area contributed by atoms with Crippen LogP contribution in [0.3, 0.4) is 0 Å². The number of carbonyl (C=O) groups is 1. The minimum Gasteiger partial charge on any atom is -0.352 e. The number of pyridine rings is 1. The van der Waals surface area contributed by atoms with Crippen molar-refractivity contribution in [2.45, 2.75) is 38.0 Å². The van der Waals surface area contributed by atoms with Crippen molar-refractivity contribution in [2.24, 2.45) is 5.92 Å². The van der Waals surface area contributed by atoms with Gasteiger partial charge in [-0.3, -0.25) is 9.78 Å². The van der Waals surface area contributed by atoms with Gasteiger partial charge in [0, 0.05) is 23.8 Å². The summed E-state index contributed by atoms with van der Waals surface area (Å²) in [6.07, 6.45) is 6.14. The van der Waals surface area contributed by atoms with Gasteiger partial charge in [0.2, 0.25) is 0 Å². The number of rotatable bonds is 3. The van der Waals surface area contributed by atoms with Crippen LogP contribution >= 0.6 is 11.6 Å². The Morgan fingerprint density at radius 1 is 1.56 bits per heavy atom. The van der Waals surface area contributed by atoms with Crippen molar-refractivity contribution in [1.82, 2.24) is 10.3 Å². The molecule has 4 heteroatoms. The Balaban J connectivity index is 1.87. The zero-order valence-corrected chi connectivity index (χ0v) is 11.4. The standard InChI is InChI=1S/C14H19ClN2O/c1-10-13(6-3-7-16-10)14(18)17-9-11-4-2-5-12(15)8-11/h3,6-7,11-12H,2,4-5,8-9H2,1H3,(H,17,18). The number of hydrogen-bond acceptors (Lipinski definition) is 2. The molecule has 2 rings (SSSR count). The highest BCUT2D eigenvalue weighted by atomic mass is 35.5. The lowest BCUT2D eigenvalue weighted by Gasteiger charge is -2.25. The predicted molar refractivity (Wildman–Crippen MR) is 72.9 cm³/mol. The highest BCUT2D eigenvalue weighted by Gasteiger charge is 2.21. The maximum atomic E-state index is 12.0. The molecule has 0 bridgehead atoms. The van der Waals surface area contributed by atoms with Gasteiger partial charge in [-0.25, -0.2) is 0 Å². The molecular weight excluding hydrogens is 248 g/mol. The fraction of sp³-hybridized carbons (Fsp3) is 0.571. The van der Waals surface area contributed by atoms with E-state index in [1.165, 1.54) is 6.42 Å². The highest BCUT2D eigenvalue weighted by molar-refractivity contribution is 6.20. The summed E-state index contributed by atoms with van der Waals surface area (Å²) in [6.45, 7) is 2.57. The predicted octanol–water partition coefficient (Wildman–Crippen LogP) is 2.92. The van der Waals surface area contributed by atoms with Gasteiger partial charge in [0.25, 0.3) is 5.91 Å². The van der Waals surface area contributed by atoms with Gasteiger partial charge in [-0.2, -0.15) is 0 Å². The first kappa shape index (κ1) is 13.3. The molecule has 1 aromatic rings. The average molecular weight is 267 g/mol. The number of halogens is 1. The molecule has 1 heterocycles. The maximum absolute atomic E-state index is 12.0. The Labute approximate surface area is 113 Å². The molecule has 3 nitrogen and oxygen atoms in total. The SMILES string of the molecule is Cc1ncccc1C(=O)NCC1CCCC(Cl)C1. The molecule has 18 heavy (non-hydrogen) atoms. The topological polar surface area (TPSA) is 42.0 Å². The fourth-order valence-corrected chi connectivity index (χ4v) is 2.87. The van der Waals surface area contributed by atoms with Crippen LogP contribution in [0.1, 0.15) is 41.7 Å². The van der Waals surface area contributed by atoms with E-state index in [2.05, 4.69) is 10.3 Å². The second-order valence-electron chi connectivity index (χ2n) is 4.98. The van der Waals surface area contributed by atoms with E-state index in [0.29, 0.717) is 11.5 Å².